The molecule has 0 fully saturated rings. The predicted molar refractivity (Wildman–Crippen MR) is 71.4 cm³/mol. The van der Waals surface area contributed by atoms with E-state index in [1.165, 1.54) is 5.56 Å². The first-order valence-electron chi connectivity index (χ1n) is 5.82. The Balaban J connectivity index is 2.38. The zero-order chi connectivity index (χ0) is 12.3. The maximum absolute atomic E-state index is 5.13. The molecule has 0 saturated carbocycles. The molecule has 1 aromatic heterocycles. The van der Waals surface area contributed by atoms with Gasteiger partial charge >= 0.3 is 0 Å². The number of hydrogen-bond donors (Lipinski definition) is 1. The van der Waals surface area contributed by atoms with Gasteiger partial charge in [-0.25, -0.2) is 0 Å². The van der Waals surface area contributed by atoms with E-state index in [-0.39, 0.29) is 6.04 Å². The van der Waals surface area contributed by atoms with Gasteiger partial charge in [0.1, 0.15) is 0 Å². The van der Waals surface area contributed by atoms with Gasteiger partial charge in [0.25, 0.3) is 0 Å². The Morgan fingerprint density at radius 2 is 2.18 bits per heavy atom. The summed E-state index contributed by atoms with van der Waals surface area (Å²) in [6.07, 6.45) is 1.83. The fourth-order valence-electron chi connectivity index (χ4n) is 2.00. The molecule has 1 heterocycles. The maximum atomic E-state index is 5.13. The van der Waals surface area contributed by atoms with Crippen LogP contribution in [0.2, 0.25) is 0 Å². The molecule has 0 amide bonds. The molecule has 1 unspecified atom stereocenters. The Morgan fingerprint density at radius 3 is 2.94 bits per heavy atom. The fraction of sp³-hybridized carbons (Fsp3) is 0.357. The van der Waals surface area contributed by atoms with Gasteiger partial charge in [-0.05, 0) is 37.6 Å². The summed E-state index contributed by atoms with van der Waals surface area (Å²) in [6.45, 7) is 4.87. The number of nitrogens with one attached hydrogen (secondary N) is 1. The molecular formula is C14H18N2O. The van der Waals surface area contributed by atoms with Crippen molar-refractivity contribution in [1.29, 1.82) is 0 Å². The van der Waals surface area contributed by atoms with Crippen LogP contribution in [-0.4, -0.2) is 24.7 Å². The minimum Gasteiger partial charge on any atom is -0.383 e. The number of aryl methyl sites for hydroxylation is 1. The first-order chi connectivity index (χ1) is 8.22. The van der Waals surface area contributed by atoms with E-state index in [0.717, 1.165) is 16.6 Å². The minimum atomic E-state index is 0.283. The fourth-order valence-corrected chi connectivity index (χ4v) is 2.00. The van der Waals surface area contributed by atoms with Gasteiger partial charge in [0, 0.05) is 30.4 Å². The molecule has 3 nitrogen and oxygen atoms in total. The highest BCUT2D eigenvalue weighted by atomic mass is 16.5. The Bertz CT molecular complexity index is 511. The Kier molecular flexibility index (Phi) is 3.59. The van der Waals surface area contributed by atoms with Crippen LogP contribution in [0, 0.1) is 6.92 Å². The molecule has 0 bridgehead atoms. The Morgan fingerprint density at radius 1 is 1.35 bits per heavy atom. The van der Waals surface area contributed by atoms with Crippen LogP contribution >= 0.6 is 0 Å². The maximum Gasteiger partial charge on any atom is 0.0751 e. The number of methoxy groups -OCH3 is 1. The van der Waals surface area contributed by atoms with Crippen molar-refractivity contribution in [1.82, 2.24) is 4.98 Å². The first kappa shape index (κ1) is 11.9. The SMILES string of the molecule is COCC(C)Nc1ccc(C)c2ncccc12. The lowest BCUT2D eigenvalue weighted by Crippen LogP contribution is -2.20. The van der Waals surface area contributed by atoms with Crippen LogP contribution in [0.4, 0.5) is 5.69 Å². The first-order valence-corrected chi connectivity index (χ1v) is 5.82. The van der Waals surface area contributed by atoms with E-state index in [1.54, 1.807) is 7.11 Å². The highest BCUT2D eigenvalue weighted by Crippen LogP contribution is 2.24. The van der Waals surface area contributed by atoms with E-state index >= 15 is 0 Å². The second-order valence-electron chi connectivity index (χ2n) is 4.33. The van der Waals surface area contributed by atoms with Crippen molar-refractivity contribution in [2.75, 3.05) is 19.0 Å². The van der Waals surface area contributed by atoms with Crippen LogP contribution < -0.4 is 5.32 Å². The molecular weight excluding hydrogens is 212 g/mol. The summed E-state index contributed by atoms with van der Waals surface area (Å²) < 4.78 is 5.13. The molecule has 0 aliphatic carbocycles. The number of hydrogen-bond acceptors (Lipinski definition) is 3. The largest absolute Gasteiger partial charge is 0.383 e. The van der Waals surface area contributed by atoms with Crippen molar-refractivity contribution >= 4 is 16.6 Å². The molecule has 17 heavy (non-hydrogen) atoms. The molecule has 0 aliphatic heterocycles. The molecule has 3 heteroatoms. The second kappa shape index (κ2) is 5.15. The van der Waals surface area contributed by atoms with Crippen LogP contribution in [0.3, 0.4) is 0 Å². The van der Waals surface area contributed by atoms with Gasteiger partial charge in [-0.1, -0.05) is 6.07 Å². The third kappa shape index (κ3) is 2.56. The standard InChI is InChI=1S/C14H18N2O/c1-10-6-7-13(16-11(2)9-17-3)12-5-4-8-15-14(10)12/h4-8,11,16H,9H2,1-3H3. The molecule has 2 rings (SSSR count). The summed E-state index contributed by atoms with van der Waals surface area (Å²) in [7, 11) is 1.72. The average molecular weight is 230 g/mol. The number of benzene rings is 1. The van der Waals surface area contributed by atoms with Gasteiger partial charge < -0.3 is 10.1 Å². The van der Waals surface area contributed by atoms with Gasteiger partial charge in [0.15, 0.2) is 0 Å². The average Bonchev–Trinajstić information content (AvgIpc) is 2.34. The molecule has 0 radical (unpaired) electrons. The number of rotatable bonds is 4. The van der Waals surface area contributed by atoms with Crippen molar-refractivity contribution in [3.8, 4) is 0 Å². The predicted octanol–water partition coefficient (Wildman–Crippen LogP) is 2.99. The van der Waals surface area contributed by atoms with Gasteiger partial charge in [-0.2, -0.15) is 0 Å². The summed E-state index contributed by atoms with van der Waals surface area (Å²) in [5.41, 5.74) is 3.37. The Hall–Kier alpha value is -1.61. The van der Waals surface area contributed by atoms with Crippen molar-refractivity contribution in [3.05, 3.63) is 36.0 Å². The number of anilines is 1. The van der Waals surface area contributed by atoms with Crippen LogP contribution in [0.5, 0.6) is 0 Å². The van der Waals surface area contributed by atoms with Gasteiger partial charge in [-0.15, -0.1) is 0 Å². The number of ether oxygens (including phenoxy) is 1. The topological polar surface area (TPSA) is 34.1 Å². The van der Waals surface area contributed by atoms with Crippen molar-refractivity contribution in [2.45, 2.75) is 19.9 Å². The highest BCUT2D eigenvalue weighted by Gasteiger charge is 2.06. The highest BCUT2D eigenvalue weighted by molar-refractivity contribution is 5.93. The van der Waals surface area contributed by atoms with E-state index < -0.39 is 0 Å². The van der Waals surface area contributed by atoms with Crippen molar-refractivity contribution < 1.29 is 4.74 Å². The summed E-state index contributed by atoms with van der Waals surface area (Å²) in [4.78, 5) is 4.42. The summed E-state index contributed by atoms with van der Waals surface area (Å²) in [5, 5.41) is 4.61. The normalized spacial score (nSPS) is 12.6. The van der Waals surface area contributed by atoms with Crippen LogP contribution in [0.25, 0.3) is 10.9 Å². The summed E-state index contributed by atoms with van der Waals surface area (Å²) in [5.74, 6) is 0. The molecule has 90 valence electrons. The van der Waals surface area contributed by atoms with Crippen molar-refractivity contribution in [2.24, 2.45) is 0 Å². The van der Waals surface area contributed by atoms with Gasteiger partial charge in [0.2, 0.25) is 0 Å². The van der Waals surface area contributed by atoms with Gasteiger partial charge in [-0.3, -0.25) is 4.98 Å². The van der Waals surface area contributed by atoms with E-state index in [0.29, 0.717) is 6.61 Å². The molecule has 0 spiro atoms. The van der Waals surface area contributed by atoms with Crippen LogP contribution in [0.1, 0.15) is 12.5 Å². The third-order valence-electron chi connectivity index (χ3n) is 2.79. The molecule has 1 atom stereocenters. The zero-order valence-corrected chi connectivity index (χ0v) is 10.5. The summed E-state index contributed by atoms with van der Waals surface area (Å²) >= 11 is 0. The lowest BCUT2D eigenvalue weighted by Gasteiger charge is -2.16. The molecule has 0 aliphatic rings. The van der Waals surface area contributed by atoms with E-state index in [1.807, 2.05) is 12.3 Å². The smallest absolute Gasteiger partial charge is 0.0751 e. The Labute approximate surface area is 102 Å². The number of pyridine rings is 1. The lowest BCUT2D eigenvalue weighted by atomic mass is 10.1. The lowest BCUT2D eigenvalue weighted by molar-refractivity contribution is 0.190. The van der Waals surface area contributed by atoms with Gasteiger partial charge in [0.05, 0.1) is 12.1 Å². The quantitative estimate of drug-likeness (QED) is 0.876. The summed E-state index contributed by atoms with van der Waals surface area (Å²) in [6, 6.07) is 8.54. The number of fused-ring (bicyclic) bond motifs is 1. The molecule has 1 aromatic carbocycles. The minimum absolute atomic E-state index is 0.283. The van der Waals surface area contributed by atoms with Crippen molar-refractivity contribution in [3.63, 3.8) is 0 Å². The van der Waals surface area contributed by atoms with Crippen LogP contribution in [-0.2, 0) is 4.74 Å². The van der Waals surface area contributed by atoms with Crippen LogP contribution in [0.15, 0.2) is 30.5 Å². The molecule has 1 N–H and O–H groups in total. The zero-order valence-electron chi connectivity index (χ0n) is 10.5. The molecule has 2 aromatic rings. The monoisotopic (exact) mass is 230 g/mol. The molecule has 0 saturated heterocycles. The number of nitrogens with zero attached hydrogens (tertiary/aromatic N) is 1. The van der Waals surface area contributed by atoms with E-state index in [4.69, 9.17) is 4.74 Å². The van der Waals surface area contributed by atoms with E-state index in [2.05, 4.69) is 42.3 Å². The second-order valence-corrected chi connectivity index (χ2v) is 4.33. The van der Waals surface area contributed by atoms with E-state index in [9.17, 15) is 0 Å². The number of aromatic nitrogens is 1. The third-order valence-corrected chi connectivity index (χ3v) is 2.79.